The van der Waals surface area contributed by atoms with Gasteiger partial charge in [0.2, 0.25) is 106 Å². The molecule has 131 heavy (non-hydrogen) atoms. The Balaban J connectivity index is 1.03. The Labute approximate surface area is 760 Å². The minimum atomic E-state index is -2.04. The first-order valence-corrected chi connectivity index (χ1v) is 42.9. The Hall–Kier alpha value is -14.2. The second kappa shape index (κ2) is 51.1. The van der Waals surface area contributed by atoms with Gasteiger partial charge < -0.3 is 134 Å². The van der Waals surface area contributed by atoms with Crippen molar-refractivity contribution in [3.63, 3.8) is 0 Å². The molecule has 0 bridgehead atoms. The lowest BCUT2D eigenvalue weighted by Gasteiger charge is -2.29. The third kappa shape index (κ3) is 32.8. The maximum atomic E-state index is 14.7. The highest BCUT2D eigenvalue weighted by Crippen LogP contribution is 2.24. The van der Waals surface area contributed by atoms with Crippen LogP contribution in [-0.4, -0.2) is 264 Å². The number of aliphatic carboxylic acids is 2. The number of hydrogen-bond donors (Lipinski definition) is 26. The number of carboxylic acids is 2. The summed E-state index contributed by atoms with van der Waals surface area (Å²) in [4.78, 5) is 279. The molecule has 30 N–H and O–H groups in total. The van der Waals surface area contributed by atoms with E-state index in [0.717, 1.165) is 21.4 Å². The third-order valence-electron chi connectivity index (χ3n) is 21.0. The van der Waals surface area contributed by atoms with E-state index in [9.17, 15) is 111 Å². The fourth-order valence-electron chi connectivity index (χ4n) is 14.1. The number of hydrogen-bond acceptors (Lipinski definition) is 25. The topological polar surface area (TPSA) is 749 Å². The number of aromatic hydroxyl groups is 1. The lowest BCUT2D eigenvalue weighted by Crippen LogP contribution is -2.61. The van der Waals surface area contributed by atoms with Crippen molar-refractivity contribution in [1.82, 2.24) is 84.0 Å². The van der Waals surface area contributed by atoms with Gasteiger partial charge in [-0.05, 0) is 111 Å². The van der Waals surface area contributed by atoms with Gasteiger partial charge >= 0.3 is 11.9 Å². The van der Waals surface area contributed by atoms with Gasteiger partial charge in [-0.25, -0.2) is 4.79 Å². The van der Waals surface area contributed by atoms with Crippen LogP contribution >= 0.6 is 25.3 Å². The summed E-state index contributed by atoms with van der Waals surface area (Å²) >= 11 is 8.59. The molecular weight excluding hydrogens is 1750 g/mol. The zero-order valence-electron chi connectivity index (χ0n) is 71.2. The fourth-order valence-corrected chi connectivity index (χ4v) is 14.6. The monoisotopic (exact) mass is 1860 g/mol. The van der Waals surface area contributed by atoms with E-state index in [2.05, 4.69) is 99.0 Å². The van der Waals surface area contributed by atoms with Crippen LogP contribution in [0.25, 0.3) is 21.8 Å². The van der Waals surface area contributed by atoms with E-state index in [1.165, 1.54) is 37.4 Å². The van der Waals surface area contributed by atoms with Crippen molar-refractivity contribution >= 4 is 165 Å². The number of benzene rings is 4. The minimum absolute atomic E-state index is 0.00456. The number of phenols is 1. The summed E-state index contributed by atoms with van der Waals surface area (Å²) in [6.07, 6.45) is -2.29. The number of nitrogens with one attached hydrogen (secondary N) is 15. The molecule has 1 aliphatic heterocycles. The normalized spacial score (nSPS) is 15.2. The number of unbranched alkanes of at least 4 members (excludes halogenated alkanes) is 1. The zero-order valence-corrected chi connectivity index (χ0v) is 73.0. The fraction of sp³-hybridized carbons (Fsp3) is 0.429. The molecule has 3 heterocycles. The number of para-hydroxylation sites is 2. The first-order chi connectivity index (χ1) is 62.3. The molecule has 47 heteroatoms. The largest absolute Gasteiger partial charge is 0.508 e. The molecule has 45 nitrogen and oxygen atoms in total. The average Bonchev–Trinajstić information content (AvgIpc) is 1.69. The van der Waals surface area contributed by atoms with Gasteiger partial charge in [0, 0.05) is 84.4 Å². The van der Waals surface area contributed by atoms with Gasteiger partial charge in [-0.15, -0.1) is 0 Å². The highest BCUT2D eigenvalue weighted by Gasteiger charge is 2.41. The molecule has 7 rings (SSSR count). The molecule has 1 aliphatic rings. The summed E-state index contributed by atoms with van der Waals surface area (Å²) in [6.45, 7) is 0.532. The number of nitrogens with zero attached hydrogens (tertiary/aromatic N) is 1. The van der Waals surface area contributed by atoms with Gasteiger partial charge in [-0.3, -0.25) is 91.1 Å². The summed E-state index contributed by atoms with van der Waals surface area (Å²) in [5.74, 6) is -23.2. The van der Waals surface area contributed by atoms with Gasteiger partial charge in [-0.1, -0.05) is 78.9 Å². The number of carbonyl (C=O) groups excluding carboxylic acids is 18. The molecule has 0 unspecified atom stereocenters. The molecule has 18 amide bonds. The number of carbonyl (C=O) groups is 20. The average molecular weight is 1860 g/mol. The van der Waals surface area contributed by atoms with Crippen LogP contribution in [0.2, 0.25) is 0 Å². The van der Waals surface area contributed by atoms with Crippen molar-refractivity contribution in [2.75, 3.05) is 31.1 Å². The van der Waals surface area contributed by atoms with Gasteiger partial charge in [0.25, 0.3) is 0 Å². The van der Waals surface area contributed by atoms with Gasteiger partial charge in [-0.2, -0.15) is 25.3 Å². The van der Waals surface area contributed by atoms with E-state index in [1.807, 2.05) is 29.6 Å². The van der Waals surface area contributed by atoms with Crippen LogP contribution in [0, 0.1) is 0 Å². The molecule has 0 saturated carbocycles. The maximum Gasteiger partial charge on any atom is 0.326 e. The van der Waals surface area contributed by atoms with Crippen molar-refractivity contribution in [2.24, 2.45) is 34.4 Å². The molecule has 1 saturated heterocycles. The third-order valence-corrected chi connectivity index (χ3v) is 21.8. The van der Waals surface area contributed by atoms with Crippen LogP contribution in [0.1, 0.15) is 106 Å². The Kier molecular flexibility index (Phi) is 40.5. The number of H-pyrrole nitrogens is 2. The predicted molar refractivity (Wildman–Crippen MR) is 476 cm³/mol. The summed E-state index contributed by atoms with van der Waals surface area (Å²) in [7, 11) is 0. The molecule has 1 fully saturated rings. The van der Waals surface area contributed by atoms with E-state index in [0.29, 0.717) is 27.6 Å². The van der Waals surface area contributed by atoms with Gasteiger partial charge in [0.1, 0.15) is 84.3 Å². The first kappa shape index (κ1) is 104. The molecule has 6 aromatic rings. The number of primary amides is 4. The van der Waals surface area contributed by atoms with Crippen molar-refractivity contribution in [1.29, 1.82) is 0 Å². The van der Waals surface area contributed by atoms with Gasteiger partial charge in [0.15, 0.2) is 0 Å². The van der Waals surface area contributed by atoms with Crippen molar-refractivity contribution in [3.05, 3.63) is 138 Å². The van der Waals surface area contributed by atoms with E-state index >= 15 is 0 Å². The molecule has 2 aromatic heterocycles. The molecule has 706 valence electrons. The SMILES string of the molecule is C[C@H](NC(=O)[C@H](CCC(N)=O)NC(=O)[C@@H](N)Cc1c[nH]c2ccccc12)C(=O)N[C@@H](CS)C(=O)N1CCC[C@H]1C(=O)NCC(=O)N[C@@H](Cc1ccc(O)cc1)C(=O)N[C@@H](CCCCN)C(=O)N[C@@H](CC(N)=O)C(=O)N[C@@H](CCC(N)=O)C(=O)N[C@@H](Cc1ccccc1)C(=O)N[C@@H](CS)C(=O)N[C@@H](Cc1c[nH]c2ccccc12)C(=O)N[C@@H](CC(=O)O)C(=O)N[C@@H](CC(N)=O)C(=O)O. The Bertz CT molecular complexity index is 5140. The number of rotatable bonds is 54. The highest BCUT2D eigenvalue weighted by atomic mass is 32.1. The second-order valence-electron chi connectivity index (χ2n) is 31.1. The first-order valence-electron chi connectivity index (χ1n) is 41.7. The number of nitrogens with two attached hydrogens (primary N) is 6. The Morgan fingerprint density at radius 3 is 1.36 bits per heavy atom. The summed E-state index contributed by atoms with van der Waals surface area (Å²) in [5, 5.41) is 62.4. The Morgan fingerprint density at radius 1 is 0.435 bits per heavy atom. The number of likely N-dealkylation sites (tertiary alicyclic amines) is 1. The molecular formula is C84H110N22O23S2. The van der Waals surface area contributed by atoms with Crippen LogP contribution in [-0.2, 0) is 122 Å². The zero-order chi connectivity index (χ0) is 96.3. The molecule has 14 atom stereocenters. The highest BCUT2D eigenvalue weighted by molar-refractivity contribution is 7.80. The molecule has 0 aliphatic carbocycles. The number of carboxylic acid groups (broad SMARTS) is 2. The summed E-state index contributed by atoms with van der Waals surface area (Å²) in [6, 6.07) is 4.46. The number of aromatic nitrogens is 2. The summed E-state index contributed by atoms with van der Waals surface area (Å²) < 4.78 is 0. The summed E-state index contributed by atoms with van der Waals surface area (Å²) in [5.41, 5.74) is 37.0. The van der Waals surface area contributed by atoms with Crippen LogP contribution < -0.4 is 104 Å². The molecule has 0 radical (unpaired) electrons. The Morgan fingerprint density at radius 2 is 0.847 bits per heavy atom. The number of fused-ring (bicyclic) bond motifs is 2. The lowest BCUT2D eigenvalue weighted by atomic mass is 10.0. The maximum absolute atomic E-state index is 14.7. The number of aromatic amines is 2. The lowest BCUT2D eigenvalue weighted by molar-refractivity contribution is -0.145. The van der Waals surface area contributed by atoms with Crippen molar-refractivity contribution in [2.45, 2.75) is 194 Å². The van der Waals surface area contributed by atoms with Crippen LogP contribution in [0.5, 0.6) is 5.75 Å². The van der Waals surface area contributed by atoms with Crippen molar-refractivity contribution in [3.8, 4) is 5.75 Å². The van der Waals surface area contributed by atoms with Crippen LogP contribution in [0.4, 0.5) is 0 Å². The number of phenolic OH excluding ortho intramolecular Hbond substituents is 1. The van der Waals surface area contributed by atoms with Crippen LogP contribution in [0.15, 0.2) is 116 Å². The molecule has 0 spiro atoms. The molecule has 4 aromatic carbocycles. The minimum Gasteiger partial charge on any atom is -0.508 e. The standard InChI is InChI=1S/C84H110N22O23S2/c1-42(94-73(117)54(24-26-65(87)108)96-72(116)50(86)32-45-37-91-51-16-7-5-14-48(45)51)71(115)105-63(41-131)83(127)106-29-11-19-64(106)82(126)93-39-69(112)95-56(31-44-20-22-47(107)23-21-44)76(120)97-53(18-9-10-28-85)74(118)101-59(34-67(89)110)79(123)98-55(25-27-66(88)109)75(119)99-57(30-43-12-3-2-4-13-43)77(121)104-62(40-130)81(125)100-58(33-46-38-92-52-17-8-6-15-49(46)52)78(122)102-60(36-70(113)114)80(124)103-61(84(128)129)35-68(90)111/h2-8,12-17,20-23,37-38,42,50,53-64,91-92,107,130-131H,9-11,18-19,24-36,39-41,85-86H2,1H3,(H2,87,108)(H2,88,109)(H2,89,110)(H2,90,111)(H,93,126)(H,94,117)(H,95,112)(H,96,116)(H,97,120)(H,98,123)(H,99,119)(H,100,125)(H,101,118)(H,102,122)(H,103,124)(H,104,121)(H,105,115)(H,113,114)(H,128,129)/t42-,50-,53-,54-,55-,56-,57-,58-,59-,60-,61-,62-,63-,64-/m0/s1. The van der Waals surface area contributed by atoms with E-state index in [-0.39, 0.29) is 88.8 Å². The smallest absolute Gasteiger partial charge is 0.326 e. The number of thiol groups is 2. The van der Waals surface area contributed by atoms with E-state index in [4.69, 9.17) is 34.4 Å². The van der Waals surface area contributed by atoms with Crippen molar-refractivity contribution < 1.29 is 111 Å². The quantitative estimate of drug-likeness (QED) is 0.0125. The van der Waals surface area contributed by atoms with E-state index in [1.54, 1.807) is 60.8 Å². The number of amides is 18. The van der Waals surface area contributed by atoms with Gasteiger partial charge in [0.05, 0.1) is 31.8 Å². The predicted octanol–water partition coefficient (Wildman–Crippen LogP) is -6.27. The van der Waals surface area contributed by atoms with E-state index < -0.39 is 254 Å². The van der Waals surface area contributed by atoms with Crippen LogP contribution in [0.3, 0.4) is 0 Å². The second-order valence-corrected chi connectivity index (χ2v) is 31.8.